The summed E-state index contributed by atoms with van der Waals surface area (Å²) in [4.78, 5) is 22.0. The van der Waals surface area contributed by atoms with E-state index in [9.17, 15) is 4.79 Å². The largest absolute Gasteiger partial charge is 0.448 e. The molecule has 1 amide bonds. The fourth-order valence-corrected chi connectivity index (χ4v) is 5.81. The summed E-state index contributed by atoms with van der Waals surface area (Å²) in [5.74, 6) is 1.76. The van der Waals surface area contributed by atoms with Crippen molar-refractivity contribution in [3.8, 4) is 0 Å². The van der Waals surface area contributed by atoms with Gasteiger partial charge in [0.25, 0.3) is 5.91 Å². The Labute approximate surface area is 166 Å². The number of aryl methyl sites for hydroxylation is 1. The van der Waals surface area contributed by atoms with Gasteiger partial charge >= 0.3 is 0 Å². The highest BCUT2D eigenvalue weighted by Gasteiger charge is 2.45. The molecule has 5 nitrogen and oxygen atoms in total. The molecule has 3 aliphatic heterocycles. The number of hydrogen-bond acceptors (Lipinski definition) is 4. The summed E-state index contributed by atoms with van der Waals surface area (Å²) < 4.78 is 5.26. The lowest BCUT2D eigenvalue weighted by Gasteiger charge is -2.55. The molecule has 0 spiro atoms. The summed E-state index contributed by atoms with van der Waals surface area (Å²) in [6.07, 6.45) is 7.79. The first kappa shape index (κ1) is 17.9. The Balaban J connectivity index is 1.31. The maximum absolute atomic E-state index is 12.9. The van der Waals surface area contributed by atoms with Crippen LogP contribution in [0.15, 0.2) is 41.0 Å². The Morgan fingerprint density at radius 2 is 2.04 bits per heavy atom. The molecule has 0 unspecified atom stereocenters. The molecular weight excluding hydrogens is 350 g/mol. The van der Waals surface area contributed by atoms with E-state index in [1.54, 1.807) is 6.92 Å². The first-order valence-electron chi connectivity index (χ1n) is 10.7. The van der Waals surface area contributed by atoms with E-state index >= 15 is 0 Å². The lowest BCUT2D eigenvalue weighted by Crippen LogP contribution is -2.62. The number of aromatic nitrogens is 1. The van der Waals surface area contributed by atoms with Crippen LogP contribution in [0.3, 0.4) is 0 Å². The molecule has 0 saturated carbocycles. The number of oxazole rings is 1. The summed E-state index contributed by atoms with van der Waals surface area (Å²) >= 11 is 0. The van der Waals surface area contributed by atoms with Gasteiger partial charge in [-0.25, -0.2) is 4.98 Å². The second-order valence-electron chi connectivity index (χ2n) is 8.86. The molecule has 3 fully saturated rings. The number of benzene rings is 1. The highest BCUT2D eigenvalue weighted by molar-refractivity contribution is 5.92. The van der Waals surface area contributed by atoms with Crippen molar-refractivity contribution < 1.29 is 9.21 Å². The van der Waals surface area contributed by atoms with Crippen molar-refractivity contribution in [1.29, 1.82) is 0 Å². The topological polar surface area (TPSA) is 49.6 Å². The van der Waals surface area contributed by atoms with E-state index in [1.165, 1.54) is 37.5 Å². The molecule has 3 aliphatic rings. The minimum Gasteiger partial charge on any atom is -0.448 e. The minimum absolute atomic E-state index is 0.0386. The zero-order valence-corrected chi connectivity index (χ0v) is 16.6. The SMILES string of the molecule is Cc1nc(C(=O)N2C[C@@H]3C[C@H](C2)[C@@H]2CCC[C@H](Cc4ccccc4)N2C3)co1. The van der Waals surface area contributed by atoms with Crippen LogP contribution in [0.5, 0.6) is 0 Å². The van der Waals surface area contributed by atoms with Crippen LogP contribution in [-0.4, -0.2) is 52.4 Å². The number of nitrogens with zero attached hydrogens (tertiary/aromatic N) is 3. The second kappa shape index (κ2) is 7.36. The fraction of sp³-hybridized carbons (Fsp3) is 0.565. The number of piperidine rings is 3. The Morgan fingerprint density at radius 1 is 1.18 bits per heavy atom. The van der Waals surface area contributed by atoms with Gasteiger partial charge in [0.2, 0.25) is 0 Å². The van der Waals surface area contributed by atoms with Gasteiger partial charge in [-0.3, -0.25) is 9.69 Å². The molecule has 28 heavy (non-hydrogen) atoms. The summed E-state index contributed by atoms with van der Waals surface area (Å²) in [5.41, 5.74) is 1.90. The molecule has 2 aromatic rings. The molecule has 3 saturated heterocycles. The monoisotopic (exact) mass is 379 g/mol. The lowest BCUT2D eigenvalue weighted by molar-refractivity contribution is -0.0499. The highest BCUT2D eigenvalue weighted by Crippen LogP contribution is 2.40. The fourth-order valence-electron chi connectivity index (χ4n) is 5.81. The van der Waals surface area contributed by atoms with Crippen molar-refractivity contribution in [1.82, 2.24) is 14.8 Å². The number of carbonyl (C=O) groups is 1. The normalized spacial score (nSPS) is 30.1. The zero-order valence-electron chi connectivity index (χ0n) is 16.6. The van der Waals surface area contributed by atoms with Crippen molar-refractivity contribution in [2.24, 2.45) is 11.8 Å². The molecule has 0 N–H and O–H groups in total. The third kappa shape index (κ3) is 3.37. The van der Waals surface area contributed by atoms with E-state index in [0.29, 0.717) is 35.5 Å². The number of carbonyl (C=O) groups excluding carboxylic acids is 1. The molecule has 1 aromatic carbocycles. The van der Waals surface area contributed by atoms with Crippen molar-refractivity contribution in [2.45, 2.75) is 51.1 Å². The Bertz CT molecular complexity index is 833. The molecule has 4 heterocycles. The van der Waals surface area contributed by atoms with E-state index < -0.39 is 0 Å². The molecular formula is C23H29N3O2. The van der Waals surface area contributed by atoms with E-state index in [-0.39, 0.29) is 5.91 Å². The Kier molecular flexibility index (Phi) is 4.71. The molecule has 5 rings (SSSR count). The Morgan fingerprint density at radius 3 is 2.82 bits per heavy atom. The van der Waals surface area contributed by atoms with Crippen molar-refractivity contribution in [3.63, 3.8) is 0 Å². The van der Waals surface area contributed by atoms with Crippen LogP contribution in [0.4, 0.5) is 0 Å². The van der Waals surface area contributed by atoms with Crippen molar-refractivity contribution >= 4 is 5.91 Å². The van der Waals surface area contributed by atoms with Gasteiger partial charge < -0.3 is 9.32 Å². The average Bonchev–Trinajstić information content (AvgIpc) is 3.15. The van der Waals surface area contributed by atoms with Crippen LogP contribution in [0.2, 0.25) is 0 Å². The van der Waals surface area contributed by atoms with Gasteiger partial charge in [-0.15, -0.1) is 0 Å². The van der Waals surface area contributed by atoms with Gasteiger partial charge in [0, 0.05) is 38.6 Å². The molecule has 0 aliphatic carbocycles. The average molecular weight is 380 g/mol. The minimum atomic E-state index is 0.0386. The molecule has 2 bridgehead atoms. The highest BCUT2D eigenvalue weighted by atomic mass is 16.3. The first-order valence-corrected chi connectivity index (χ1v) is 10.7. The molecule has 1 aromatic heterocycles. The van der Waals surface area contributed by atoms with Gasteiger partial charge in [0.1, 0.15) is 6.26 Å². The number of amides is 1. The number of hydrogen-bond donors (Lipinski definition) is 0. The second-order valence-corrected chi connectivity index (χ2v) is 8.86. The maximum Gasteiger partial charge on any atom is 0.275 e. The maximum atomic E-state index is 12.9. The van der Waals surface area contributed by atoms with Crippen LogP contribution in [0.25, 0.3) is 0 Å². The van der Waals surface area contributed by atoms with E-state index in [0.717, 1.165) is 26.1 Å². The molecule has 148 valence electrons. The van der Waals surface area contributed by atoms with Crippen LogP contribution >= 0.6 is 0 Å². The standard InChI is InChI=1S/C23H29N3O2/c1-16-24-21(15-28-16)23(27)25-12-18-10-19(14-25)22-9-5-8-20(26(22)13-18)11-17-6-3-2-4-7-17/h2-4,6-7,15,18-20,22H,5,8-14H2,1H3/t18-,19+,20+,22-/m0/s1. The summed E-state index contributed by atoms with van der Waals surface area (Å²) in [7, 11) is 0. The lowest BCUT2D eigenvalue weighted by atomic mass is 9.74. The Hall–Kier alpha value is -2.14. The molecule has 0 radical (unpaired) electrons. The summed E-state index contributed by atoms with van der Waals surface area (Å²) in [5, 5.41) is 0. The summed E-state index contributed by atoms with van der Waals surface area (Å²) in [6, 6.07) is 12.2. The smallest absolute Gasteiger partial charge is 0.275 e. The number of likely N-dealkylation sites (tertiary alicyclic amines) is 1. The third-order valence-corrected chi connectivity index (χ3v) is 6.95. The predicted octanol–water partition coefficient (Wildman–Crippen LogP) is 3.54. The van der Waals surface area contributed by atoms with Crippen LogP contribution in [0.1, 0.15) is 47.6 Å². The molecule has 4 atom stereocenters. The number of rotatable bonds is 3. The van der Waals surface area contributed by atoms with Gasteiger partial charge in [-0.05, 0) is 43.1 Å². The predicted molar refractivity (Wildman–Crippen MR) is 107 cm³/mol. The third-order valence-electron chi connectivity index (χ3n) is 6.95. The van der Waals surface area contributed by atoms with Crippen molar-refractivity contribution in [3.05, 3.63) is 53.7 Å². The van der Waals surface area contributed by atoms with E-state index in [4.69, 9.17) is 4.42 Å². The van der Waals surface area contributed by atoms with E-state index in [2.05, 4.69) is 40.2 Å². The van der Waals surface area contributed by atoms with Crippen LogP contribution < -0.4 is 0 Å². The van der Waals surface area contributed by atoms with Gasteiger partial charge in [0.15, 0.2) is 11.6 Å². The van der Waals surface area contributed by atoms with Gasteiger partial charge in [-0.1, -0.05) is 36.8 Å². The van der Waals surface area contributed by atoms with Gasteiger partial charge in [0.05, 0.1) is 0 Å². The zero-order chi connectivity index (χ0) is 19.1. The van der Waals surface area contributed by atoms with Gasteiger partial charge in [-0.2, -0.15) is 0 Å². The first-order chi connectivity index (χ1) is 13.7. The van der Waals surface area contributed by atoms with Crippen LogP contribution in [0, 0.1) is 18.8 Å². The van der Waals surface area contributed by atoms with Crippen molar-refractivity contribution in [2.75, 3.05) is 19.6 Å². The molecule has 5 heteroatoms. The summed E-state index contributed by atoms with van der Waals surface area (Å²) in [6.45, 7) is 4.62. The quantitative estimate of drug-likeness (QED) is 0.818. The van der Waals surface area contributed by atoms with Crippen LogP contribution in [-0.2, 0) is 6.42 Å². The number of fused-ring (bicyclic) bond motifs is 4. The van der Waals surface area contributed by atoms with E-state index in [1.807, 2.05) is 4.90 Å².